The van der Waals surface area contributed by atoms with E-state index >= 15 is 0 Å². The predicted octanol–water partition coefficient (Wildman–Crippen LogP) is 4.54. The van der Waals surface area contributed by atoms with Crippen molar-refractivity contribution in [2.24, 2.45) is 0 Å². The molecule has 23 heavy (non-hydrogen) atoms. The Morgan fingerprint density at radius 1 is 0.870 bits per heavy atom. The molecule has 0 saturated carbocycles. The fourth-order valence-electron chi connectivity index (χ4n) is 3.37. The van der Waals surface area contributed by atoms with Gasteiger partial charge >= 0.3 is 0 Å². The van der Waals surface area contributed by atoms with Gasteiger partial charge < -0.3 is 9.32 Å². The van der Waals surface area contributed by atoms with Gasteiger partial charge in [-0.1, -0.05) is 48.5 Å². The number of anilines is 1. The van der Waals surface area contributed by atoms with Crippen LogP contribution in [0.2, 0.25) is 0 Å². The summed E-state index contributed by atoms with van der Waals surface area (Å²) in [6.07, 6.45) is 2.13. The quantitative estimate of drug-likeness (QED) is 0.712. The topological polar surface area (TPSA) is 33.5 Å². The number of ketones is 1. The Balaban J connectivity index is 1.83. The molecule has 0 N–H and O–H groups in total. The molecule has 0 amide bonds. The van der Waals surface area contributed by atoms with Crippen LogP contribution in [-0.2, 0) is 4.79 Å². The molecule has 114 valence electrons. The lowest BCUT2D eigenvalue weighted by Crippen LogP contribution is -2.27. The lowest BCUT2D eigenvalue weighted by molar-refractivity contribution is -0.118. The van der Waals surface area contributed by atoms with Crippen LogP contribution in [0.4, 0.5) is 5.69 Å². The number of para-hydroxylation sites is 1. The molecule has 1 saturated heterocycles. The third-order valence-corrected chi connectivity index (χ3v) is 4.35. The highest BCUT2D eigenvalue weighted by Gasteiger charge is 2.42. The van der Waals surface area contributed by atoms with Crippen LogP contribution in [0, 0.1) is 0 Å². The fraction of sp³-hybridized carbons (Fsp3) is 0.150. The van der Waals surface area contributed by atoms with Crippen LogP contribution in [0.5, 0.6) is 0 Å². The summed E-state index contributed by atoms with van der Waals surface area (Å²) in [5.41, 5.74) is 2.06. The number of carbonyl (C=O) groups is 1. The summed E-state index contributed by atoms with van der Waals surface area (Å²) in [6, 6.07) is 23.5. The first-order chi connectivity index (χ1) is 11.3. The van der Waals surface area contributed by atoms with Gasteiger partial charge in [0, 0.05) is 12.1 Å². The Labute approximate surface area is 135 Å². The van der Waals surface area contributed by atoms with Crippen molar-refractivity contribution < 1.29 is 9.21 Å². The zero-order valence-corrected chi connectivity index (χ0v) is 12.6. The number of benzene rings is 2. The van der Waals surface area contributed by atoms with Crippen molar-refractivity contribution in [3.8, 4) is 0 Å². The fourth-order valence-corrected chi connectivity index (χ4v) is 3.37. The Kier molecular flexibility index (Phi) is 3.46. The van der Waals surface area contributed by atoms with E-state index < -0.39 is 0 Å². The largest absolute Gasteiger partial charge is 0.467 e. The zero-order valence-electron chi connectivity index (χ0n) is 12.6. The normalized spacial score (nSPS) is 20.9. The molecule has 2 aromatic carbocycles. The van der Waals surface area contributed by atoms with Crippen LogP contribution >= 0.6 is 0 Å². The number of hydrogen-bond acceptors (Lipinski definition) is 3. The number of hydrogen-bond donors (Lipinski definition) is 0. The highest BCUT2D eigenvalue weighted by Crippen LogP contribution is 2.44. The molecule has 0 aliphatic carbocycles. The minimum Gasteiger partial charge on any atom is -0.467 e. The molecule has 1 aliphatic heterocycles. The van der Waals surface area contributed by atoms with E-state index in [-0.39, 0.29) is 17.9 Å². The molecule has 2 heterocycles. The van der Waals surface area contributed by atoms with Crippen LogP contribution in [-0.4, -0.2) is 5.78 Å². The molecule has 0 radical (unpaired) electrons. The molecule has 1 aromatic heterocycles. The van der Waals surface area contributed by atoms with Gasteiger partial charge in [-0.15, -0.1) is 0 Å². The molecule has 0 spiro atoms. The SMILES string of the molecule is O=C1C[C@H](c2ccco2)N(c2ccccc2)[C@@H]1c1ccccc1. The lowest BCUT2D eigenvalue weighted by Gasteiger charge is -2.30. The Hall–Kier alpha value is -2.81. The van der Waals surface area contributed by atoms with Gasteiger partial charge in [-0.25, -0.2) is 0 Å². The molecule has 4 rings (SSSR count). The summed E-state index contributed by atoms with van der Waals surface area (Å²) in [7, 11) is 0. The van der Waals surface area contributed by atoms with Gasteiger partial charge in [0.05, 0.1) is 12.3 Å². The monoisotopic (exact) mass is 303 g/mol. The molecular weight excluding hydrogens is 286 g/mol. The number of nitrogens with zero attached hydrogens (tertiary/aromatic N) is 1. The summed E-state index contributed by atoms with van der Waals surface area (Å²) in [6.45, 7) is 0. The summed E-state index contributed by atoms with van der Waals surface area (Å²) >= 11 is 0. The van der Waals surface area contributed by atoms with Crippen LogP contribution in [0.3, 0.4) is 0 Å². The van der Waals surface area contributed by atoms with Crippen molar-refractivity contribution in [3.63, 3.8) is 0 Å². The smallest absolute Gasteiger partial charge is 0.162 e. The highest BCUT2D eigenvalue weighted by molar-refractivity contribution is 5.93. The van der Waals surface area contributed by atoms with Crippen molar-refractivity contribution >= 4 is 11.5 Å². The highest BCUT2D eigenvalue weighted by atomic mass is 16.3. The standard InChI is InChI=1S/C20H17NO2/c22-18-14-17(19-12-7-13-23-19)21(16-10-5-2-6-11-16)20(18)15-8-3-1-4-9-15/h1-13,17,20H,14H2/t17-,20-/m1/s1. The number of Topliss-reactive ketones (excluding diaryl/α,β-unsaturated/α-hetero) is 1. The maximum absolute atomic E-state index is 12.8. The second kappa shape index (κ2) is 5.76. The van der Waals surface area contributed by atoms with Gasteiger partial charge in [0.2, 0.25) is 0 Å². The molecule has 1 aliphatic rings. The maximum Gasteiger partial charge on any atom is 0.162 e. The molecular formula is C20H17NO2. The minimum atomic E-state index is -0.270. The lowest BCUT2D eigenvalue weighted by atomic mass is 10.0. The Morgan fingerprint density at radius 3 is 2.22 bits per heavy atom. The molecule has 2 atom stereocenters. The number of furan rings is 1. The summed E-state index contributed by atoms with van der Waals surface area (Å²) in [5, 5.41) is 0. The molecule has 1 fully saturated rings. The first-order valence-corrected chi connectivity index (χ1v) is 7.79. The van der Waals surface area contributed by atoms with Gasteiger partial charge in [0.15, 0.2) is 5.78 Å². The third-order valence-electron chi connectivity index (χ3n) is 4.35. The minimum absolute atomic E-state index is 0.0647. The first kappa shape index (κ1) is 13.8. The van der Waals surface area contributed by atoms with Crippen molar-refractivity contribution in [2.75, 3.05) is 4.90 Å². The number of carbonyl (C=O) groups excluding carboxylic acids is 1. The van der Waals surface area contributed by atoms with E-state index in [1.807, 2.05) is 72.8 Å². The van der Waals surface area contributed by atoms with E-state index in [4.69, 9.17) is 4.42 Å². The van der Waals surface area contributed by atoms with E-state index in [1.54, 1.807) is 6.26 Å². The van der Waals surface area contributed by atoms with Gasteiger partial charge in [-0.3, -0.25) is 4.79 Å². The van der Waals surface area contributed by atoms with Gasteiger partial charge in [-0.05, 0) is 29.8 Å². The van der Waals surface area contributed by atoms with Gasteiger partial charge in [0.1, 0.15) is 11.8 Å². The van der Waals surface area contributed by atoms with E-state index in [0.717, 1.165) is 17.0 Å². The maximum atomic E-state index is 12.8. The predicted molar refractivity (Wildman–Crippen MR) is 89.2 cm³/mol. The summed E-state index contributed by atoms with van der Waals surface area (Å²) < 4.78 is 5.61. The van der Waals surface area contributed by atoms with Gasteiger partial charge in [-0.2, -0.15) is 0 Å². The Morgan fingerprint density at radius 2 is 1.57 bits per heavy atom. The second-order valence-electron chi connectivity index (χ2n) is 5.76. The van der Waals surface area contributed by atoms with E-state index in [9.17, 15) is 4.79 Å². The van der Waals surface area contributed by atoms with Gasteiger partial charge in [0.25, 0.3) is 0 Å². The molecule has 0 unspecified atom stereocenters. The molecule has 3 aromatic rings. The average Bonchev–Trinajstić information content (AvgIpc) is 3.24. The molecule has 3 nitrogen and oxygen atoms in total. The van der Waals surface area contributed by atoms with Crippen LogP contribution in [0.25, 0.3) is 0 Å². The van der Waals surface area contributed by atoms with Crippen molar-refractivity contribution in [1.29, 1.82) is 0 Å². The van der Waals surface area contributed by atoms with Crippen LogP contribution in [0.1, 0.15) is 29.8 Å². The molecule has 3 heteroatoms. The van der Waals surface area contributed by atoms with E-state index in [2.05, 4.69) is 4.90 Å². The van der Waals surface area contributed by atoms with E-state index in [0.29, 0.717) is 6.42 Å². The van der Waals surface area contributed by atoms with Crippen LogP contribution in [0.15, 0.2) is 83.5 Å². The van der Waals surface area contributed by atoms with Crippen molar-refractivity contribution in [3.05, 3.63) is 90.4 Å². The summed E-state index contributed by atoms with van der Waals surface area (Å²) in [4.78, 5) is 15.0. The Bertz CT molecular complexity index is 781. The second-order valence-corrected chi connectivity index (χ2v) is 5.76. The third kappa shape index (κ3) is 2.44. The molecule has 0 bridgehead atoms. The van der Waals surface area contributed by atoms with Crippen molar-refractivity contribution in [1.82, 2.24) is 0 Å². The average molecular weight is 303 g/mol. The van der Waals surface area contributed by atoms with E-state index in [1.165, 1.54) is 0 Å². The van der Waals surface area contributed by atoms with Crippen molar-refractivity contribution in [2.45, 2.75) is 18.5 Å². The summed E-state index contributed by atoms with van der Waals surface area (Å²) in [5.74, 6) is 1.06. The number of rotatable bonds is 3. The zero-order chi connectivity index (χ0) is 15.6. The first-order valence-electron chi connectivity index (χ1n) is 7.79. The van der Waals surface area contributed by atoms with Crippen LogP contribution < -0.4 is 4.90 Å².